The first kappa shape index (κ1) is 39.8. The van der Waals surface area contributed by atoms with Crippen molar-refractivity contribution >= 4 is 16.9 Å². The van der Waals surface area contributed by atoms with Crippen molar-refractivity contribution < 1.29 is 8.78 Å². The Bertz CT molecular complexity index is 3040. The Labute approximate surface area is 368 Å². The maximum absolute atomic E-state index is 15.7. The molecule has 0 radical (unpaired) electrons. The first-order valence-electron chi connectivity index (χ1n) is 21.5. The Balaban J connectivity index is 1.23. The molecule has 7 aromatic carbocycles. The van der Waals surface area contributed by atoms with Crippen molar-refractivity contribution in [2.24, 2.45) is 0 Å². The van der Waals surface area contributed by atoms with E-state index in [0.717, 1.165) is 22.5 Å². The molecule has 1 aromatic heterocycles. The van der Waals surface area contributed by atoms with Crippen LogP contribution in [0.3, 0.4) is 0 Å². The van der Waals surface area contributed by atoms with Gasteiger partial charge in [-0.1, -0.05) is 132 Å². The lowest BCUT2D eigenvalue weighted by Gasteiger charge is -2.32. The Morgan fingerprint density at radius 2 is 0.968 bits per heavy atom. The highest BCUT2D eigenvalue weighted by Gasteiger charge is 2.40. The fourth-order valence-corrected chi connectivity index (χ4v) is 10.1. The highest BCUT2D eigenvalue weighted by molar-refractivity contribution is 5.91. The van der Waals surface area contributed by atoms with E-state index < -0.39 is 11.6 Å². The van der Waals surface area contributed by atoms with E-state index in [9.17, 15) is 0 Å². The minimum absolute atomic E-state index is 0.0271. The van der Waals surface area contributed by atoms with Crippen LogP contribution >= 0.6 is 0 Å². The summed E-state index contributed by atoms with van der Waals surface area (Å²) in [6.07, 6.45) is 7.00. The van der Waals surface area contributed by atoms with E-state index in [0.29, 0.717) is 28.6 Å². The topological polar surface area (TPSA) is 41.9 Å². The van der Waals surface area contributed by atoms with E-state index in [1.165, 1.54) is 79.4 Å². The smallest absolute Gasteiger partial charge is 0.166 e. The number of halogens is 2. The number of aryl methyl sites for hydroxylation is 6. The average Bonchev–Trinajstić information content (AvgIpc) is 3.59. The Morgan fingerprint density at radius 1 is 0.460 bits per heavy atom. The van der Waals surface area contributed by atoms with Gasteiger partial charge in [-0.15, -0.1) is 0 Å². The summed E-state index contributed by atoms with van der Waals surface area (Å²) in [7, 11) is 0. The van der Waals surface area contributed by atoms with Crippen molar-refractivity contribution in [2.75, 3.05) is 4.90 Å². The molecule has 1 aliphatic carbocycles. The maximum atomic E-state index is 15.7. The van der Waals surface area contributed by atoms with E-state index in [1.807, 2.05) is 78.9 Å². The van der Waals surface area contributed by atoms with E-state index in [1.54, 1.807) is 0 Å². The summed E-state index contributed by atoms with van der Waals surface area (Å²) in [5.41, 5.74) is 17.9. The summed E-state index contributed by atoms with van der Waals surface area (Å²) < 4.78 is 31.3. The van der Waals surface area contributed by atoms with Gasteiger partial charge in [-0.05, 0) is 134 Å². The van der Waals surface area contributed by atoms with Gasteiger partial charge in [0.25, 0.3) is 0 Å². The van der Waals surface area contributed by atoms with Gasteiger partial charge < -0.3 is 4.90 Å². The van der Waals surface area contributed by atoms with Gasteiger partial charge in [0.05, 0.1) is 17.3 Å². The van der Waals surface area contributed by atoms with E-state index >= 15 is 8.78 Å². The molecule has 0 amide bonds. The third-order valence-electron chi connectivity index (χ3n) is 12.5. The summed E-state index contributed by atoms with van der Waals surface area (Å²) in [6.45, 7) is 13.1. The van der Waals surface area contributed by atoms with Crippen LogP contribution in [0, 0.1) is 53.2 Å². The molecule has 0 fully saturated rings. The molecule has 0 bridgehead atoms. The lowest BCUT2D eigenvalue weighted by atomic mass is 9.83. The van der Waals surface area contributed by atoms with Crippen molar-refractivity contribution in [3.63, 3.8) is 0 Å². The number of rotatable bonds is 7. The molecule has 308 valence electrons. The molecule has 6 heteroatoms. The van der Waals surface area contributed by atoms with E-state index in [4.69, 9.17) is 15.0 Å². The zero-order valence-corrected chi connectivity index (χ0v) is 36.2. The molecule has 2 unspecified atom stereocenters. The van der Waals surface area contributed by atoms with Crippen molar-refractivity contribution in [1.29, 1.82) is 0 Å². The van der Waals surface area contributed by atoms with E-state index in [2.05, 4.69) is 107 Å². The molecule has 1 aliphatic heterocycles. The fraction of sp³-hybridized carbons (Fsp3) is 0.140. The van der Waals surface area contributed by atoms with Crippen LogP contribution in [-0.4, -0.2) is 21.0 Å². The summed E-state index contributed by atoms with van der Waals surface area (Å²) in [4.78, 5) is 17.7. The van der Waals surface area contributed by atoms with Crippen molar-refractivity contribution in [3.8, 4) is 56.4 Å². The molecular weight excluding hydrogens is 779 g/mol. The zero-order valence-electron chi connectivity index (χ0n) is 36.2. The van der Waals surface area contributed by atoms with Gasteiger partial charge in [0.15, 0.2) is 17.5 Å². The van der Waals surface area contributed by atoms with Crippen molar-refractivity contribution in [3.05, 3.63) is 214 Å². The van der Waals surface area contributed by atoms with Gasteiger partial charge in [0.2, 0.25) is 0 Å². The number of hydrogen-bond donors (Lipinski definition) is 0. The number of fused-ring (bicyclic) bond motifs is 3. The second kappa shape index (κ2) is 15.9. The number of hydrogen-bond acceptors (Lipinski definition) is 4. The first-order valence-corrected chi connectivity index (χ1v) is 21.5. The third kappa shape index (κ3) is 7.15. The van der Waals surface area contributed by atoms with Crippen LogP contribution in [0.4, 0.5) is 20.2 Å². The minimum Gasteiger partial charge on any atom is -0.333 e. The molecule has 0 spiro atoms. The summed E-state index contributed by atoms with van der Waals surface area (Å²) >= 11 is 0. The van der Waals surface area contributed by atoms with Crippen LogP contribution in [-0.2, 0) is 0 Å². The normalized spacial score (nSPS) is 15.3. The summed E-state index contributed by atoms with van der Waals surface area (Å²) in [5, 5.41) is 0. The van der Waals surface area contributed by atoms with Crippen LogP contribution in [0.5, 0.6) is 0 Å². The molecule has 2 heterocycles. The van der Waals surface area contributed by atoms with Gasteiger partial charge in [-0.2, -0.15) is 0 Å². The van der Waals surface area contributed by atoms with Gasteiger partial charge in [-0.25, -0.2) is 23.7 Å². The molecule has 0 N–H and O–H groups in total. The molecule has 8 aromatic rings. The zero-order chi connectivity index (χ0) is 43.5. The predicted octanol–water partition coefficient (Wildman–Crippen LogP) is 14.6. The largest absolute Gasteiger partial charge is 0.333 e. The predicted molar refractivity (Wildman–Crippen MR) is 254 cm³/mol. The molecule has 4 nitrogen and oxygen atoms in total. The van der Waals surface area contributed by atoms with Crippen LogP contribution in [0.2, 0.25) is 0 Å². The quantitative estimate of drug-likeness (QED) is 0.161. The highest BCUT2D eigenvalue weighted by atomic mass is 19.1. The lowest BCUT2D eigenvalue weighted by Crippen LogP contribution is -2.29. The van der Waals surface area contributed by atoms with Gasteiger partial charge in [0, 0.05) is 28.3 Å². The summed E-state index contributed by atoms with van der Waals surface area (Å²) in [6, 6.07) is 45.0. The first-order chi connectivity index (χ1) is 30.5. The second-order valence-corrected chi connectivity index (χ2v) is 17.1. The summed E-state index contributed by atoms with van der Waals surface area (Å²) in [5.74, 6) is 0.0703. The lowest BCUT2D eigenvalue weighted by molar-refractivity contribution is 0.589. The number of aromatic nitrogens is 3. The van der Waals surface area contributed by atoms with Gasteiger partial charge in [-0.3, -0.25) is 0 Å². The Morgan fingerprint density at radius 3 is 1.54 bits per heavy atom. The maximum Gasteiger partial charge on any atom is 0.166 e. The molecule has 10 rings (SSSR count). The van der Waals surface area contributed by atoms with Crippen LogP contribution < -0.4 is 4.90 Å². The molecule has 2 aliphatic rings. The van der Waals surface area contributed by atoms with Crippen LogP contribution in [0.25, 0.3) is 62.0 Å². The van der Waals surface area contributed by atoms with Crippen molar-refractivity contribution in [2.45, 2.75) is 53.5 Å². The monoisotopic (exact) mass is 824 g/mol. The van der Waals surface area contributed by atoms with Gasteiger partial charge >= 0.3 is 0 Å². The van der Waals surface area contributed by atoms with E-state index in [-0.39, 0.29) is 17.5 Å². The van der Waals surface area contributed by atoms with Crippen molar-refractivity contribution in [1.82, 2.24) is 15.0 Å². The molecular formula is C57H46F2N4. The molecule has 0 saturated heterocycles. The number of nitrogens with zero attached hydrogens (tertiary/aromatic N) is 4. The van der Waals surface area contributed by atoms with Gasteiger partial charge in [0.1, 0.15) is 11.6 Å². The standard InChI is InChI=1S/C57H46F2N4/c1-33-26-35(3)52(36(4)27-33)41-20-23-49-44(30-41)45-31-42(53-37(5)28-34(2)29-38(53)6)21-24-50(45)63(49)51-25-22-43(54-47(58)18-13-19-48(54)59)32-46(51)57-61-55(39-14-9-7-10-15-39)60-56(62-57)40-16-11-8-12-17-40/h7-32,44,49H,1-6H3. The number of allylic oxidation sites excluding steroid dienone is 2. The average molecular weight is 825 g/mol. The molecule has 63 heavy (non-hydrogen) atoms. The Kier molecular flexibility index (Phi) is 10.0. The highest BCUT2D eigenvalue weighted by Crippen LogP contribution is 2.53. The number of benzene rings is 7. The second-order valence-electron chi connectivity index (χ2n) is 17.1. The van der Waals surface area contributed by atoms with Crippen LogP contribution in [0.1, 0.15) is 50.4 Å². The Hall–Kier alpha value is -7.31. The third-order valence-corrected chi connectivity index (χ3v) is 12.5. The molecule has 0 saturated carbocycles. The SMILES string of the molecule is Cc1cc(C)c(C2=CC3c4cc(-c5c(C)cc(C)cc5C)ccc4N(c4ccc(-c5c(F)cccc5F)cc4-c4nc(-c5ccccc5)nc(-c5ccccc5)n4)C3C=C2)c(C)c1. The minimum atomic E-state index is -0.644. The number of anilines is 2. The fourth-order valence-electron chi connectivity index (χ4n) is 10.1. The molecule has 2 atom stereocenters. The van der Waals surface area contributed by atoms with Crippen LogP contribution in [0.15, 0.2) is 158 Å².